The van der Waals surface area contributed by atoms with Crippen molar-refractivity contribution in [3.05, 3.63) is 36.5 Å². The molecule has 0 radical (unpaired) electrons. The van der Waals surface area contributed by atoms with Gasteiger partial charge < -0.3 is 28.6 Å². The van der Waals surface area contributed by atoms with Gasteiger partial charge in [-0.05, 0) is 44.9 Å². The Hall–Kier alpha value is -2.45. The van der Waals surface area contributed by atoms with Crippen molar-refractivity contribution in [1.29, 1.82) is 0 Å². The average Bonchev–Trinajstić information content (AvgIpc) is 3.14. The van der Waals surface area contributed by atoms with Crippen LogP contribution in [0.5, 0.6) is 0 Å². The monoisotopic (exact) mass is 776 g/mol. The molecule has 0 aromatic heterocycles. The molecule has 0 aromatic carbocycles. The number of aliphatic carboxylic acids is 1. The van der Waals surface area contributed by atoms with E-state index in [0.717, 1.165) is 38.5 Å². The van der Waals surface area contributed by atoms with Gasteiger partial charge in [-0.15, -0.1) is 0 Å². The molecule has 0 saturated carbocycles. The van der Waals surface area contributed by atoms with Crippen molar-refractivity contribution in [2.45, 2.75) is 206 Å². The molecule has 0 rings (SSSR count). The number of hydrogen-bond donors (Lipinski definition) is 0. The predicted octanol–water partition coefficient (Wildman–Crippen LogP) is 10.9. The summed E-state index contributed by atoms with van der Waals surface area (Å²) in [6.45, 7) is 4.61. The third kappa shape index (κ3) is 36.9. The average molecular weight is 776 g/mol. The number of esters is 2. The smallest absolute Gasteiger partial charge is 0.306 e. The van der Waals surface area contributed by atoms with E-state index < -0.39 is 18.1 Å². The standard InChI is InChI=1S/C47H85NO7/c1-6-8-10-12-14-16-18-20-22-23-24-26-28-30-32-34-36-38-46(50)55-43(41-53-40-39-44(47(51)52)48(3,4)5)42-54-45(49)37-35-33-31-29-27-25-21-19-17-15-13-11-9-7-2/h20,22,24,26,30,32,43-44H,6-19,21,23,25,27-29,31,33-42H2,1-5H3/b22-20+,26-24+,32-30+. The number of allylic oxidation sites excluding steroid dienone is 6. The molecule has 0 bridgehead atoms. The van der Waals surface area contributed by atoms with Crippen molar-refractivity contribution in [2.75, 3.05) is 41.0 Å². The van der Waals surface area contributed by atoms with E-state index in [1.807, 2.05) is 0 Å². The lowest BCUT2D eigenvalue weighted by Crippen LogP contribution is -2.55. The zero-order valence-electron chi connectivity index (χ0n) is 36.3. The Morgan fingerprint density at radius 2 is 0.982 bits per heavy atom. The van der Waals surface area contributed by atoms with Crippen molar-refractivity contribution in [1.82, 2.24) is 0 Å². The third-order valence-corrected chi connectivity index (χ3v) is 10.0. The molecule has 0 spiro atoms. The molecule has 8 heteroatoms. The van der Waals surface area contributed by atoms with Gasteiger partial charge in [-0.2, -0.15) is 0 Å². The topological polar surface area (TPSA) is 102 Å². The summed E-state index contributed by atoms with van der Waals surface area (Å²) in [6.07, 6.45) is 43.2. The molecule has 0 aromatic rings. The van der Waals surface area contributed by atoms with Gasteiger partial charge in [0.25, 0.3) is 0 Å². The minimum atomic E-state index is -1.13. The van der Waals surface area contributed by atoms with Crippen molar-refractivity contribution in [3.63, 3.8) is 0 Å². The van der Waals surface area contributed by atoms with E-state index in [-0.39, 0.29) is 49.1 Å². The number of quaternary nitrogens is 1. The van der Waals surface area contributed by atoms with Crippen LogP contribution >= 0.6 is 0 Å². The van der Waals surface area contributed by atoms with E-state index in [2.05, 4.69) is 50.3 Å². The maximum atomic E-state index is 12.7. The summed E-state index contributed by atoms with van der Waals surface area (Å²) in [7, 11) is 5.39. The molecule has 0 fully saturated rings. The highest BCUT2D eigenvalue weighted by molar-refractivity contribution is 5.70. The van der Waals surface area contributed by atoms with Gasteiger partial charge in [0.2, 0.25) is 0 Å². The van der Waals surface area contributed by atoms with Gasteiger partial charge in [-0.3, -0.25) is 9.59 Å². The first-order valence-electron chi connectivity index (χ1n) is 22.5. The summed E-state index contributed by atoms with van der Waals surface area (Å²) in [5.41, 5.74) is 0. The van der Waals surface area contributed by atoms with E-state index in [1.54, 1.807) is 21.1 Å². The number of rotatable bonds is 40. The summed E-state index contributed by atoms with van der Waals surface area (Å²) in [4.78, 5) is 36.8. The van der Waals surface area contributed by atoms with Crippen LogP contribution in [0.1, 0.15) is 194 Å². The number of hydrogen-bond acceptors (Lipinski definition) is 7. The van der Waals surface area contributed by atoms with Crippen molar-refractivity contribution in [2.24, 2.45) is 0 Å². The first-order valence-corrected chi connectivity index (χ1v) is 22.5. The third-order valence-electron chi connectivity index (χ3n) is 10.0. The lowest BCUT2D eigenvalue weighted by atomic mass is 10.0. The van der Waals surface area contributed by atoms with Crippen LogP contribution in [0.25, 0.3) is 0 Å². The highest BCUT2D eigenvalue weighted by atomic mass is 16.6. The number of carboxylic acids is 1. The van der Waals surface area contributed by atoms with Gasteiger partial charge in [0.1, 0.15) is 12.6 Å². The first-order chi connectivity index (χ1) is 26.6. The maximum Gasteiger partial charge on any atom is 0.306 e. The van der Waals surface area contributed by atoms with E-state index in [0.29, 0.717) is 12.8 Å². The summed E-state index contributed by atoms with van der Waals surface area (Å²) < 4.78 is 17.1. The van der Waals surface area contributed by atoms with Gasteiger partial charge in [0, 0.05) is 19.3 Å². The zero-order valence-corrected chi connectivity index (χ0v) is 36.3. The minimum Gasteiger partial charge on any atom is -0.544 e. The minimum absolute atomic E-state index is 0.0231. The molecule has 0 aliphatic carbocycles. The zero-order chi connectivity index (χ0) is 40.7. The summed E-state index contributed by atoms with van der Waals surface area (Å²) in [5, 5.41) is 11.6. The van der Waals surface area contributed by atoms with Crippen LogP contribution in [0.4, 0.5) is 0 Å². The highest BCUT2D eigenvalue weighted by Crippen LogP contribution is 2.14. The molecule has 55 heavy (non-hydrogen) atoms. The van der Waals surface area contributed by atoms with E-state index >= 15 is 0 Å². The second-order valence-electron chi connectivity index (χ2n) is 16.3. The molecule has 0 amide bonds. The van der Waals surface area contributed by atoms with Crippen LogP contribution < -0.4 is 5.11 Å². The molecule has 0 aliphatic heterocycles. The van der Waals surface area contributed by atoms with Gasteiger partial charge in [0.15, 0.2) is 6.10 Å². The molecular weight excluding hydrogens is 691 g/mol. The largest absolute Gasteiger partial charge is 0.544 e. The molecule has 8 nitrogen and oxygen atoms in total. The summed E-state index contributed by atoms with van der Waals surface area (Å²) >= 11 is 0. The molecule has 2 unspecified atom stereocenters. The fourth-order valence-corrected chi connectivity index (χ4v) is 6.50. The Labute approximate surface area is 338 Å². The summed E-state index contributed by atoms with van der Waals surface area (Å²) in [6, 6.07) is -0.732. The Balaban J connectivity index is 4.42. The number of nitrogens with zero attached hydrogens (tertiary/aromatic N) is 1. The van der Waals surface area contributed by atoms with Crippen LogP contribution in [0.3, 0.4) is 0 Å². The molecule has 320 valence electrons. The fraction of sp³-hybridized carbons (Fsp3) is 0.809. The Kier molecular flexibility index (Phi) is 36.7. The molecule has 0 N–H and O–H groups in total. The van der Waals surface area contributed by atoms with Crippen LogP contribution in [0.15, 0.2) is 36.5 Å². The maximum absolute atomic E-state index is 12.7. The van der Waals surface area contributed by atoms with Crippen molar-refractivity contribution < 1.29 is 38.2 Å². The number of carbonyl (C=O) groups is 3. The number of carbonyl (C=O) groups excluding carboxylic acids is 3. The number of likely N-dealkylation sites (N-methyl/N-ethyl adjacent to an activating group) is 1. The normalized spacial score (nSPS) is 13.3. The Morgan fingerprint density at radius 1 is 0.545 bits per heavy atom. The fourth-order valence-electron chi connectivity index (χ4n) is 6.50. The second kappa shape index (κ2) is 38.4. The van der Waals surface area contributed by atoms with E-state index in [9.17, 15) is 19.5 Å². The molecule has 0 saturated heterocycles. The van der Waals surface area contributed by atoms with Gasteiger partial charge in [0.05, 0.1) is 40.3 Å². The SMILES string of the molecule is CCCCCCCC/C=C/C/C=C/C/C=C/CCCC(=O)OC(COCCC(C(=O)[O-])[N+](C)(C)C)COC(=O)CCCCCCCCCCCCCCCC. The van der Waals surface area contributed by atoms with Crippen molar-refractivity contribution in [3.8, 4) is 0 Å². The predicted molar refractivity (Wildman–Crippen MR) is 227 cm³/mol. The van der Waals surface area contributed by atoms with Gasteiger partial charge in [-0.1, -0.05) is 166 Å². The van der Waals surface area contributed by atoms with E-state index in [4.69, 9.17) is 14.2 Å². The van der Waals surface area contributed by atoms with E-state index in [1.165, 1.54) is 116 Å². The number of unbranched alkanes of at least 4 members (excludes halogenated alkanes) is 20. The van der Waals surface area contributed by atoms with Crippen LogP contribution in [-0.2, 0) is 28.6 Å². The number of carboxylic acid groups (broad SMARTS) is 1. The Bertz CT molecular complexity index is 1000. The molecule has 0 heterocycles. The molecule has 2 atom stereocenters. The van der Waals surface area contributed by atoms with Crippen LogP contribution in [-0.4, -0.2) is 75.5 Å². The number of ether oxygens (including phenoxy) is 3. The van der Waals surface area contributed by atoms with Crippen LogP contribution in [0, 0.1) is 0 Å². The van der Waals surface area contributed by atoms with Crippen molar-refractivity contribution >= 4 is 17.9 Å². The van der Waals surface area contributed by atoms with Crippen LogP contribution in [0.2, 0.25) is 0 Å². The highest BCUT2D eigenvalue weighted by Gasteiger charge is 2.25. The first kappa shape index (κ1) is 52.6. The van der Waals surface area contributed by atoms with Gasteiger partial charge >= 0.3 is 11.9 Å². The Morgan fingerprint density at radius 3 is 1.47 bits per heavy atom. The molecule has 0 aliphatic rings. The van der Waals surface area contributed by atoms with Gasteiger partial charge in [-0.25, -0.2) is 0 Å². The summed E-state index contributed by atoms with van der Waals surface area (Å²) in [5.74, 6) is -1.80. The lowest BCUT2D eigenvalue weighted by Gasteiger charge is -2.34. The lowest BCUT2D eigenvalue weighted by molar-refractivity contribution is -0.889. The second-order valence-corrected chi connectivity index (χ2v) is 16.3. The molecular formula is C47H85NO7. The quantitative estimate of drug-likeness (QED) is 0.0264.